The molecule has 0 spiro atoms. The number of rotatable bonds is 7. The fourth-order valence-corrected chi connectivity index (χ4v) is 3.32. The highest BCUT2D eigenvalue weighted by Crippen LogP contribution is 2.25. The number of likely N-dealkylation sites (tertiary alicyclic amines) is 1. The largest absolute Gasteiger partial charge is 0.354 e. The van der Waals surface area contributed by atoms with Gasteiger partial charge in [0.25, 0.3) is 0 Å². The van der Waals surface area contributed by atoms with E-state index in [0.29, 0.717) is 19.4 Å². The molecule has 1 N–H and O–H groups in total. The van der Waals surface area contributed by atoms with Crippen LogP contribution in [-0.2, 0) is 11.2 Å². The van der Waals surface area contributed by atoms with E-state index in [1.165, 1.54) is 18.4 Å². The summed E-state index contributed by atoms with van der Waals surface area (Å²) in [5, 5.41) is 3.81. The second-order valence-corrected chi connectivity index (χ2v) is 6.75. The molecule has 0 unspecified atom stereocenters. The molecule has 5 nitrogen and oxygen atoms in total. The number of carbonyl (C=O) groups excluding carboxylic acids is 1. The highest BCUT2D eigenvalue weighted by Gasteiger charge is 2.23. The molecule has 25 heavy (non-hydrogen) atoms. The van der Waals surface area contributed by atoms with Crippen molar-refractivity contribution in [3.63, 3.8) is 0 Å². The van der Waals surface area contributed by atoms with Crippen LogP contribution < -0.4 is 5.32 Å². The van der Waals surface area contributed by atoms with Gasteiger partial charge in [0, 0.05) is 36.6 Å². The molecule has 0 saturated carbocycles. The Morgan fingerprint density at radius 2 is 1.96 bits per heavy atom. The number of amides is 1. The van der Waals surface area contributed by atoms with Crippen LogP contribution in [-0.4, -0.2) is 40.4 Å². The van der Waals surface area contributed by atoms with Crippen LogP contribution >= 0.6 is 11.6 Å². The first-order valence-electron chi connectivity index (χ1n) is 8.73. The van der Waals surface area contributed by atoms with Gasteiger partial charge in [0.05, 0.1) is 11.7 Å². The highest BCUT2D eigenvalue weighted by molar-refractivity contribution is 6.30. The third-order valence-corrected chi connectivity index (χ3v) is 4.81. The van der Waals surface area contributed by atoms with Gasteiger partial charge in [-0.25, -0.2) is 0 Å². The lowest BCUT2D eigenvalue weighted by Gasteiger charge is -2.28. The smallest absolute Gasteiger partial charge is 0.220 e. The minimum absolute atomic E-state index is 0.0452. The molecule has 1 saturated heterocycles. The number of nitrogens with one attached hydrogen (secondary N) is 1. The SMILES string of the molecule is O=C(CCc1cnccn1)NC[C@@H](c1ccc(Cl)cc1)N1CCCC1. The monoisotopic (exact) mass is 358 g/mol. The molecule has 1 aromatic heterocycles. The average Bonchev–Trinajstić information content (AvgIpc) is 3.17. The van der Waals surface area contributed by atoms with Gasteiger partial charge in [0.2, 0.25) is 5.91 Å². The van der Waals surface area contributed by atoms with E-state index in [2.05, 4.69) is 32.3 Å². The Bertz CT molecular complexity index is 672. The summed E-state index contributed by atoms with van der Waals surface area (Å²) in [5.74, 6) is 0.0452. The first-order valence-corrected chi connectivity index (χ1v) is 9.11. The zero-order valence-corrected chi connectivity index (χ0v) is 15.0. The van der Waals surface area contributed by atoms with E-state index >= 15 is 0 Å². The molecule has 1 fully saturated rings. The third-order valence-electron chi connectivity index (χ3n) is 4.55. The molecule has 1 amide bonds. The van der Waals surface area contributed by atoms with Crippen molar-refractivity contribution in [2.75, 3.05) is 19.6 Å². The molecule has 1 atom stereocenters. The summed E-state index contributed by atoms with van der Waals surface area (Å²) >= 11 is 6.01. The summed E-state index contributed by atoms with van der Waals surface area (Å²) in [4.78, 5) is 22.9. The molecule has 6 heteroatoms. The van der Waals surface area contributed by atoms with E-state index in [0.717, 1.165) is 23.8 Å². The van der Waals surface area contributed by atoms with E-state index in [-0.39, 0.29) is 11.9 Å². The van der Waals surface area contributed by atoms with Gasteiger partial charge in [-0.1, -0.05) is 23.7 Å². The van der Waals surface area contributed by atoms with Crippen LogP contribution in [0.3, 0.4) is 0 Å². The van der Waals surface area contributed by atoms with Crippen molar-refractivity contribution in [2.24, 2.45) is 0 Å². The van der Waals surface area contributed by atoms with Gasteiger partial charge in [-0.2, -0.15) is 0 Å². The van der Waals surface area contributed by atoms with Gasteiger partial charge < -0.3 is 5.32 Å². The lowest BCUT2D eigenvalue weighted by atomic mass is 10.1. The molecule has 132 valence electrons. The van der Waals surface area contributed by atoms with Gasteiger partial charge in [0.15, 0.2) is 0 Å². The number of hydrogen-bond acceptors (Lipinski definition) is 4. The molecule has 0 bridgehead atoms. The van der Waals surface area contributed by atoms with Crippen LogP contribution in [0.5, 0.6) is 0 Å². The summed E-state index contributed by atoms with van der Waals surface area (Å²) < 4.78 is 0. The molecule has 1 aromatic carbocycles. The maximum atomic E-state index is 12.2. The number of aryl methyl sites for hydroxylation is 1. The molecule has 1 aliphatic heterocycles. The van der Waals surface area contributed by atoms with Crippen LogP contribution in [0.25, 0.3) is 0 Å². The van der Waals surface area contributed by atoms with Gasteiger partial charge in [-0.15, -0.1) is 0 Å². The normalized spacial score (nSPS) is 15.9. The van der Waals surface area contributed by atoms with Crippen molar-refractivity contribution >= 4 is 17.5 Å². The van der Waals surface area contributed by atoms with E-state index in [4.69, 9.17) is 11.6 Å². The minimum Gasteiger partial charge on any atom is -0.354 e. The van der Waals surface area contributed by atoms with Crippen LogP contribution in [0.15, 0.2) is 42.9 Å². The van der Waals surface area contributed by atoms with Crippen molar-refractivity contribution in [1.29, 1.82) is 0 Å². The molecule has 2 heterocycles. The maximum Gasteiger partial charge on any atom is 0.220 e. The topological polar surface area (TPSA) is 58.1 Å². The number of halogens is 1. The van der Waals surface area contributed by atoms with Crippen molar-refractivity contribution in [3.8, 4) is 0 Å². The predicted octanol–water partition coefficient (Wildman–Crippen LogP) is 3.02. The highest BCUT2D eigenvalue weighted by atomic mass is 35.5. The quantitative estimate of drug-likeness (QED) is 0.826. The lowest BCUT2D eigenvalue weighted by molar-refractivity contribution is -0.121. The van der Waals surface area contributed by atoms with Gasteiger partial charge in [-0.05, 0) is 50.0 Å². The first kappa shape index (κ1) is 17.8. The molecular weight excluding hydrogens is 336 g/mol. The third kappa shape index (κ3) is 5.25. The molecule has 0 radical (unpaired) electrons. The second kappa shape index (κ2) is 8.92. The fraction of sp³-hybridized carbons (Fsp3) is 0.421. The number of benzene rings is 1. The number of hydrogen-bond donors (Lipinski definition) is 1. The Hall–Kier alpha value is -1.98. The maximum absolute atomic E-state index is 12.2. The average molecular weight is 359 g/mol. The van der Waals surface area contributed by atoms with Crippen LogP contribution in [0, 0.1) is 0 Å². The zero-order valence-electron chi connectivity index (χ0n) is 14.2. The Morgan fingerprint density at radius 3 is 2.64 bits per heavy atom. The first-order chi connectivity index (χ1) is 12.2. The van der Waals surface area contributed by atoms with Crippen molar-refractivity contribution in [3.05, 3.63) is 59.1 Å². The summed E-state index contributed by atoms with van der Waals surface area (Å²) in [7, 11) is 0. The van der Waals surface area contributed by atoms with Gasteiger partial charge in [0.1, 0.15) is 0 Å². The summed E-state index contributed by atoms with van der Waals surface area (Å²) in [6, 6.07) is 8.12. The van der Waals surface area contributed by atoms with Crippen molar-refractivity contribution < 1.29 is 4.79 Å². The Kier molecular flexibility index (Phi) is 6.36. The van der Waals surface area contributed by atoms with Crippen LogP contribution in [0.4, 0.5) is 0 Å². The molecule has 1 aliphatic rings. The van der Waals surface area contributed by atoms with Crippen molar-refractivity contribution in [1.82, 2.24) is 20.2 Å². The standard InChI is InChI=1S/C19H23ClN4O/c20-16-5-3-15(4-6-16)18(24-11-1-2-12-24)14-23-19(25)8-7-17-13-21-9-10-22-17/h3-6,9-10,13,18H,1-2,7-8,11-12,14H2,(H,23,25)/t18-/m0/s1. The van der Waals surface area contributed by atoms with Crippen molar-refractivity contribution in [2.45, 2.75) is 31.7 Å². The van der Waals surface area contributed by atoms with E-state index in [9.17, 15) is 4.79 Å². The predicted molar refractivity (Wildman–Crippen MR) is 98.4 cm³/mol. The molecule has 3 rings (SSSR count). The molecule has 0 aliphatic carbocycles. The molecular formula is C19H23ClN4O. The summed E-state index contributed by atoms with van der Waals surface area (Å²) in [6.45, 7) is 2.76. The van der Waals surface area contributed by atoms with Gasteiger partial charge >= 0.3 is 0 Å². The number of nitrogens with zero attached hydrogens (tertiary/aromatic N) is 3. The summed E-state index contributed by atoms with van der Waals surface area (Å²) in [5.41, 5.74) is 2.03. The molecule has 2 aromatic rings. The Labute approximate surface area is 153 Å². The fourth-order valence-electron chi connectivity index (χ4n) is 3.20. The van der Waals surface area contributed by atoms with Gasteiger partial charge in [-0.3, -0.25) is 19.7 Å². The number of aromatic nitrogens is 2. The summed E-state index contributed by atoms with van der Waals surface area (Å²) in [6.07, 6.45) is 8.44. The minimum atomic E-state index is 0.0452. The van der Waals surface area contributed by atoms with Crippen LogP contribution in [0.1, 0.15) is 36.6 Å². The lowest BCUT2D eigenvalue weighted by Crippen LogP contribution is -2.36. The Balaban J connectivity index is 1.56. The number of carbonyl (C=O) groups is 1. The van der Waals surface area contributed by atoms with E-state index in [1.54, 1.807) is 18.6 Å². The Morgan fingerprint density at radius 1 is 1.20 bits per heavy atom. The van der Waals surface area contributed by atoms with E-state index in [1.807, 2.05) is 12.1 Å². The zero-order chi connectivity index (χ0) is 17.5. The van der Waals surface area contributed by atoms with Crippen LogP contribution in [0.2, 0.25) is 5.02 Å². The second-order valence-electron chi connectivity index (χ2n) is 6.31. The van der Waals surface area contributed by atoms with E-state index < -0.39 is 0 Å².